The average Bonchev–Trinajstić information content (AvgIpc) is 2.76. The van der Waals surface area contributed by atoms with Crippen LogP contribution < -0.4 is 0 Å². The number of nitrogens with zero attached hydrogens (tertiary/aromatic N) is 2. The van der Waals surface area contributed by atoms with E-state index < -0.39 is 11.9 Å². The minimum absolute atomic E-state index is 0.0511. The van der Waals surface area contributed by atoms with Crippen LogP contribution in [0.5, 0.6) is 0 Å². The highest BCUT2D eigenvalue weighted by Gasteiger charge is 2.39. The Labute approximate surface area is 119 Å². The summed E-state index contributed by atoms with van der Waals surface area (Å²) < 4.78 is 0. The van der Waals surface area contributed by atoms with Crippen molar-refractivity contribution in [3.63, 3.8) is 0 Å². The van der Waals surface area contributed by atoms with E-state index in [9.17, 15) is 9.59 Å². The van der Waals surface area contributed by atoms with Gasteiger partial charge in [0.2, 0.25) is 0 Å². The molecular formula is C13H24N2O3S. The van der Waals surface area contributed by atoms with E-state index in [1.54, 1.807) is 28.6 Å². The topological polar surface area (TPSA) is 60.9 Å². The Morgan fingerprint density at radius 1 is 1.53 bits per heavy atom. The smallest absolute Gasteiger partial charge is 0.320 e. The maximum Gasteiger partial charge on any atom is 0.320 e. The van der Waals surface area contributed by atoms with Gasteiger partial charge in [0.15, 0.2) is 0 Å². The molecule has 1 heterocycles. The van der Waals surface area contributed by atoms with Crippen LogP contribution in [-0.4, -0.2) is 64.6 Å². The molecule has 110 valence electrons. The lowest BCUT2D eigenvalue weighted by molar-refractivity contribution is -0.142. The first-order valence-corrected chi connectivity index (χ1v) is 8.04. The van der Waals surface area contributed by atoms with E-state index in [0.717, 1.165) is 12.2 Å². The molecule has 1 N–H and O–H groups in total. The van der Waals surface area contributed by atoms with Crippen LogP contribution in [0.4, 0.5) is 4.79 Å². The highest BCUT2D eigenvalue weighted by Crippen LogP contribution is 2.25. The quantitative estimate of drug-likeness (QED) is 0.840. The Morgan fingerprint density at radius 3 is 2.63 bits per heavy atom. The van der Waals surface area contributed by atoms with Crippen LogP contribution >= 0.6 is 11.8 Å². The maximum atomic E-state index is 12.4. The zero-order chi connectivity index (χ0) is 14.6. The monoisotopic (exact) mass is 288 g/mol. The SMILES string of the molecule is CSCCC(C)N(C)C(=O)N1CCC(C(=O)O)C1C. The Bertz CT molecular complexity index is 338. The number of thioether (sulfide) groups is 1. The summed E-state index contributed by atoms with van der Waals surface area (Å²) in [4.78, 5) is 26.9. The van der Waals surface area contributed by atoms with Crippen LogP contribution in [0.15, 0.2) is 0 Å². The van der Waals surface area contributed by atoms with Gasteiger partial charge in [0.05, 0.1) is 5.92 Å². The molecule has 0 saturated carbocycles. The Kier molecular flexibility index (Phi) is 5.97. The number of carbonyl (C=O) groups is 2. The van der Waals surface area contributed by atoms with E-state index in [-0.39, 0.29) is 18.1 Å². The Hall–Kier alpha value is -0.910. The normalized spacial score (nSPS) is 24.3. The second-order valence-electron chi connectivity index (χ2n) is 5.19. The van der Waals surface area contributed by atoms with E-state index in [1.807, 2.05) is 13.8 Å². The predicted octanol–water partition coefficient (Wildman–Crippen LogP) is 1.97. The molecule has 0 aromatic rings. The zero-order valence-corrected chi connectivity index (χ0v) is 12.9. The van der Waals surface area contributed by atoms with Crippen LogP contribution in [0.1, 0.15) is 26.7 Å². The summed E-state index contributed by atoms with van der Waals surface area (Å²) in [6.45, 7) is 4.39. The number of hydrogen-bond acceptors (Lipinski definition) is 3. The fourth-order valence-electron chi connectivity index (χ4n) is 2.41. The molecule has 1 fully saturated rings. The van der Waals surface area contributed by atoms with Crippen molar-refractivity contribution in [2.24, 2.45) is 5.92 Å². The molecule has 0 aliphatic carbocycles. The van der Waals surface area contributed by atoms with Crippen LogP contribution in [0.2, 0.25) is 0 Å². The molecule has 3 unspecified atom stereocenters. The molecule has 6 heteroatoms. The summed E-state index contributed by atoms with van der Waals surface area (Å²) in [6, 6.07) is -0.0962. The molecular weight excluding hydrogens is 264 g/mol. The highest BCUT2D eigenvalue weighted by molar-refractivity contribution is 7.98. The lowest BCUT2D eigenvalue weighted by atomic mass is 10.0. The molecule has 2 amide bonds. The summed E-state index contributed by atoms with van der Waals surface area (Å²) in [5, 5.41) is 9.09. The van der Waals surface area contributed by atoms with Crippen molar-refractivity contribution in [2.45, 2.75) is 38.8 Å². The van der Waals surface area contributed by atoms with Crippen molar-refractivity contribution in [1.82, 2.24) is 9.80 Å². The minimum atomic E-state index is -0.805. The number of carboxylic acid groups (broad SMARTS) is 1. The third kappa shape index (κ3) is 3.78. The second-order valence-corrected chi connectivity index (χ2v) is 6.18. The van der Waals surface area contributed by atoms with E-state index in [2.05, 4.69) is 6.26 Å². The fraction of sp³-hybridized carbons (Fsp3) is 0.846. The van der Waals surface area contributed by atoms with Gasteiger partial charge in [-0.2, -0.15) is 11.8 Å². The second kappa shape index (κ2) is 7.03. The van der Waals surface area contributed by atoms with E-state index in [1.165, 1.54) is 0 Å². The zero-order valence-electron chi connectivity index (χ0n) is 12.1. The molecule has 0 aromatic carbocycles. The Morgan fingerprint density at radius 2 is 2.16 bits per heavy atom. The fourth-order valence-corrected chi connectivity index (χ4v) is 2.99. The van der Waals surface area contributed by atoms with Crippen LogP contribution in [0, 0.1) is 5.92 Å². The number of amides is 2. The first-order valence-electron chi connectivity index (χ1n) is 6.65. The standard InChI is InChI=1S/C13H24N2O3S/c1-9(6-8-19-4)14(3)13(18)15-7-5-11(10(15)2)12(16)17/h9-11H,5-8H2,1-4H3,(H,16,17). The molecule has 0 bridgehead atoms. The van der Waals surface area contributed by atoms with Gasteiger partial charge in [-0.25, -0.2) is 4.79 Å². The van der Waals surface area contributed by atoms with Gasteiger partial charge >= 0.3 is 12.0 Å². The van der Waals surface area contributed by atoms with Crippen molar-refractivity contribution in [1.29, 1.82) is 0 Å². The summed E-state index contributed by atoms with van der Waals surface area (Å²) in [7, 11) is 1.80. The lowest BCUT2D eigenvalue weighted by Crippen LogP contribution is -2.47. The summed E-state index contributed by atoms with van der Waals surface area (Å²) in [5.41, 5.74) is 0. The van der Waals surface area contributed by atoms with Crippen LogP contribution in [-0.2, 0) is 4.79 Å². The first-order chi connectivity index (χ1) is 8.90. The molecule has 5 nitrogen and oxygen atoms in total. The van der Waals surface area contributed by atoms with Gasteiger partial charge in [-0.15, -0.1) is 0 Å². The van der Waals surface area contributed by atoms with Crippen molar-refractivity contribution in [3.05, 3.63) is 0 Å². The summed E-state index contributed by atoms with van der Waals surface area (Å²) >= 11 is 1.77. The first kappa shape index (κ1) is 16.1. The van der Waals surface area contributed by atoms with Crippen LogP contribution in [0.25, 0.3) is 0 Å². The third-order valence-electron chi connectivity index (χ3n) is 4.02. The van der Waals surface area contributed by atoms with Crippen molar-refractivity contribution >= 4 is 23.8 Å². The van der Waals surface area contributed by atoms with Crippen LogP contribution in [0.3, 0.4) is 0 Å². The third-order valence-corrected chi connectivity index (χ3v) is 4.66. The molecule has 0 aromatic heterocycles. The van der Waals surface area contributed by atoms with Gasteiger partial charge in [0.25, 0.3) is 0 Å². The van der Waals surface area contributed by atoms with Gasteiger partial charge in [-0.05, 0) is 38.7 Å². The van der Waals surface area contributed by atoms with Gasteiger partial charge in [0.1, 0.15) is 0 Å². The molecule has 19 heavy (non-hydrogen) atoms. The highest BCUT2D eigenvalue weighted by atomic mass is 32.2. The largest absolute Gasteiger partial charge is 0.481 e. The number of rotatable bonds is 5. The van der Waals surface area contributed by atoms with E-state index in [0.29, 0.717) is 13.0 Å². The predicted molar refractivity (Wildman–Crippen MR) is 77.5 cm³/mol. The maximum absolute atomic E-state index is 12.4. The van der Waals surface area contributed by atoms with Crippen molar-refractivity contribution in [3.8, 4) is 0 Å². The van der Waals surface area contributed by atoms with Crippen molar-refractivity contribution < 1.29 is 14.7 Å². The number of carboxylic acids is 1. The summed E-state index contributed by atoms with van der Waals surface area (Å²) in [6.07, 6.45) is 3.55. The lowest BCUT2D eigenvalue weighted by Gasteiger charge is -2.32. The van der Waals surface area contributed by atoms with Gasteiger partial charge in [-0.1, -0.05) is 0 Å². The van der Waals surface area contributed by atoms with Gasteiger partial charge < -0.3 is 14.9 Å². The number of aliphatic carboxylic acids is 1. The van der Waals surface area contributed by atoms with E-state index in [4.69, 9.17) is 5.11 Å². The molecule has 1 aliphatic heterocycles. The van der Waals surface area contributed by atoms with Crippen molar-refractivity contribution in [2.75, 3.05) is 25.6 Å². The molecule has 0 spiro atoms. The number of urea groups is 1. The molecule has 0 radical (unpaired) electrons. The number of carbonyl (C=O) groups excluding carboxylic acids is 1. The minimum Gasteiger partial charge on any atom is -0.481 e. The summed E-state index contributed by atoms with van der Waals surface area (Å²) in [5.74, 6) is -0.216. The molecule has 3 atom stereocenters. The van der Waals surface area contributed by atoms with Gasteiger partial charge in [0, 0.05) is 25.7 Å². The molecule has 1 saturated heterocycles. The number of hydrogen-bond donors (Lipinski definition) is 1. The molecule has 1 aliphatic rings. The average molecular weight is 288 g/mol. The van der Waals surface area contributed by atoms with Gasteiger partial charge in [-0.3, -0.25) is 4.79 Å². The molecule has 1 rings (SSSR count). The number of likely N-dealkylation sites (tertiary alicyclic amines) is 1. The van der Waals surface area contributed by atoms with E-state index >= 15 is 0 Å². The Balaban J connectivity index is 2.60.